The van der Waals surface area contributed by atoms with Crippen molar-refractivity contribution in [3.05, 3.63) is 0 Å². The fourth-order valence-electron chi connectivity index (χ4n) is 1.08. The third-order valence-electron chi connectivity index (χ3n) is 2.03. The van der Waals surface area contributed by atoms with E-state index in [1.54, 1.807) is 13.8 Å². The number of carbonyl (C=O) groups is 1. The molecule has 0 amide bonds. The Morgan fingerprint density at radius 2 is 1.48 bits per heavy atom. The normalized spacial score (nSPS) is 12.7. The van der Waals surface area contributed by atoms with Crippen LogP contribution in [0, 0.1) is 0 Å². The number of rotatable bonds is 11. The second-order valence-electron chi connectivity index (χ2n) is 4.14. The average molecular weight is 367 g/mol. The average Bonchev–Trinajstić information content (AvgIpc) is 2.38. The highest BCUT2D eigenvalue weighted by atomic mass is 35.5. The molecule has 0 aliphatic rings. The van der Waals surface area contributed by atoms with Crippen molar-refractivity contribution in [1.82, 2.24) is 0 Å². The largest absolute Gasteiger partial charge is 0.460 e. The predicted molar refractivity (Wildman–Crippen MR) is 78.9 cm³/mol. The first kappa shape index (κ1) is 21.1. The molecule has 0 saturated heterocycles. The van der Waals surface area contributed by atoms with Gasteiger partial charge in [0.15, 0.2) is 0 Å². The van der Waals surface area contributed by atoms with Gasteiger partial charge in [0.2, 0.25) is 0 Å². The van der Waals surface area contributed by atoms with Gasteiger partial charge in [-0.05, 0) is 13.8 Å². The highest BCUT2D eigenvalue weighted by Gasteiger charge is 2.57. The van der Waals surface area contributed by atoms with Gasteiger partial charge >= 0.3 is 17.6 Å². The maximum absolute atomic E-state index is 12.7. The summed E-state index contributed by atoms with van der Waals surface area (Å²) in [6.45, 7) is 3.23. The Morgan fingerprint density at radius 1 is 1.05 bits per heavy atom. The second-order valence-corrected chi connectivity index (χ2v) is 8.18. The van der Waals surface area contributed by atoms with E-state index in [4.69, 9.17) is 46.5 Å². The van der Waals surface area contributed by atoms with Crippen LogP contribution < -0.4 is 0 Å². The minimum atomic E-state index is -4.20. The standard InChI is InChI=1S/C11H21Cl2O7P/c1-9(2)20-10(14)11(12,13)21(15,18-7-5-16-3)19-8-6-17-4/h9H,5-8H2,1-4H3. The molecule has 0 rings (SSSR count). The summed E-state index contributed by atoms with van der Waals surface area (Å²) in [4.78, 5) is 11.9. The number of methoxy groups -OCH3 is 2. The van der Waals surface area contributed by atoms with Gasteiger partial charge in [-0.2, -0.15) is 0 Å². The molecule has 0 aromatic rings. The molecule has 0 N–H and O–H groups in total. The third kappa shape index (κ3) is 6.82. The van der Waals surface area contributed by atoms with E-state index >= 15 is 0 Å². The molecule has 0 aliphatic carbocycles. The number of esters is 1. The van der Waals surface area contributed by atoms with Gasteiger partial charge < -0.3 is 23.3 Å². The molecule has 0 atom stereocenters. The lowest BCUT2D eigenvalue weighted by molar-refractivity contribution is -0.146. The van der Waals surface area contributed by atoms with E-state index in [1.165, 1.54) is 14.2 Å². The lowest BCUT2D eigenvalue weighted by Gasteiger charge is -2.27. The predicted octanol–water partition coefficient (Wildman–Crippen LogP) is 2.59. The lowest BCUT2D eigenvalue weighted by atomic mass is 10.5. The van der Waals surface area contributed by atoms with Crippen molar-refractivity contribution in [2.24, 2.45) is 0 Å². The van der Waals surface area contributed by atoms with E-state index in [-0.39, 0.29) is 26.4 Å². The molecule has 10 heteroatoms. The first-order valence-electron chi connectivity index (χ1n) is 6.17. The van der Waals surface area contributed by atoms with Gasteiger partial charge in [-0.3, -0.25) is 4.57 Å². The zero-order chi connectivity index (χ0) is 16.5. The SMILES string of the molecule is COCCOP(=O)(OCCOC)C(Cl)(Cl)C(=O)OC(C)C. The van der Waals surface area contributed by atoms with Crippen LogP contribution in [0.15, 0.2) is 0 Å². The summed E-state index contributed by atoms with van der Waals surface area (Å²) in [6, 6.07) is 0. The summed E-state index contributed by atoms with van der Waals surface area (Å²) in [6.07, 6.45) is -0.485. The number of carbonyl (C=O) groups excluding carboxylic acids is 1. The van der Waals surface area contributed by atoms with Crippen molar-refractivity contribution in [1.29, 1.82) is 0 Å². The van der Waals surface area contributed by atoms with Gasteiger partial charge in [0.25, 0.3) is 0 Å². The van der Waals surface area contributed by atoms with Gasteiger partial charge in [0.05, 0.1) is 32.5 Å². The van der Waals surface area contributed by atoms with Crippen LogP contribution in [-0.4, -0.2) is 56.8 Å². The van der Waals surface area contributed by atoms with Crippen LogP contribution in [0.2, 0.25) is 0 Å². The van der Waals surface area contributed by atoms with Gasteiger partial charge in [-0.1, -0.05) is 23.2 Å². The van der Waals surface area contributed by atoms with Crippen LogP contribution in [0.1, 0.15) is 13.8 Å². The monoisotopic (exact) mass is 366 g/mol. The van der Waals surface area contributed by atoms with Crippen LogP contribution in [0.3, 0.4) is 0 Å². The van der Waals surface area contributed by atoms with E-state index in [9.17, 15) is 9.36 Å². The molecule has 0 heterocycles. The maximum atomic E-state index is 12.7. The number of hydrogen-bond acceptors (Lipinski definition) is 7. The summed E-state index contributed by atoms with van der Waals surface area (Å²) in [5.74, 6) is -1.10. The van der Waals surface area contributed by atoms with Crippen molar-refractivity contribution in [2.75, 3.05) is 40.6 Å². The molecule has 0 saturated carbocycles. The lowest BCUT2D eigenvalue weighted by Crippen LogP contribution is -2.33. The minimum absolute atomic E-state index is 0.114. The summed E-state index contributed by atoms with van der Waals surface area (Å²) >= 11 is 11.8. The van der Waals surface area contributed by atoms with E-state index in [0.29, 0.717) is 0 Å². The van der Waals surface area contributed by atoms with E-state index < -0.39 is 23.7 Å². The van der Waals surface area contributed by atoms with Gasteiger partial charge in [-0.15, -0.1) is 0 Å². The molecule has 0 bridgehead atoms. The summed E-state index contributed by atoms with van der Waals surface area (Å²) < 4.78 is 34.8. The summed E-state index contributed by atoms with van der Waals surface area (Å²) in [5.41, 5.74) is 0. The smallest absolute Gasteiger partial charge is 0.378 e. The van der Waals surface area contributed by atoms with Crippen molar-refractivity contribution in [3.8, 4) is 0 Å². The Bertz CT molecular complexity index is 348. The fourth-order valence-corrected chi connectivity index (χ4v) is 3.06. The summed E-state index contributed by atoms with van der Waals surface area (Å²) in [5, 5.41) is 0. The first-order chi connectivity index (χ1) is 9.71. The Balaban J connectivity index is 5.04. The Kier molecular flexibility index (Phi) is 10.1. The second kappa shape index (κ2) is 10.0. The van der Waals surface area contributed by atoms with Crippen molar-refractivity contribution < 1.29 is 32.6 Å². The van der Waals surface area contributed by atoms with Crippen molar-refractivity contribution in [2.45, 2.75) is 24.0 Å². The molecular weight excluding hydrogens is 346 g/mol. The highest BCUT2D eigenvalue weighted by molar-refractivity contribution is 7.61. The molecule has 21 heavy (non-hydrogen) atoms. The zero-order valence-corrected chi connectivity index (χ0v) is 14.9. The third-order valence-corrected chi connectivity index (χ3v) is 5.50. The molecule has 0 fully saturated rings. The van der Waals surface area contributed by atoms with Crippen molar-refractivity contribution in [3.63, 3.8) is 0 Å². The Hall–Kier alpha value is 0.120. The van der Waals surface area contributed by atoms with Crippen LogP contribution in [-0.2, 0) is 32.6 Å². The number of halogens is 2. The molecule has 0 aliphatic heterocycles. The number of alkyl halides is 2. The quantitative estimate of drug-likeness (QED) is 0.240. The molecule has 126 valence electrons. The van der Waals surface area contributed by atoms with Crippen LogP contribution in [0.4, 0.5) is 0 Å². The van der Waals surface area contributed by atoms with Crippen LogP contribution >= 0.6 is 30.8 Å². The van der Waals surface area contributed by atoms with Crippen LogP contribution in [0.25, 0.3) is 0 Å². The molecule has 7 nitrogen and oxygen atoms in total. The topological polar surface area (TPSA) is 80.3 Å². The van der Waals surface area contributed by atoms with Gasteiger partial charge in [-0.25, -0.2) is 4.79 Å². The fraction of sp³-hybridized carbons (Fsp3) is 0.909. The molecular formula is C11H21Cl2O7P. The van der Waals surface area contributed by atoms with Crippen molar-refractivity contribution >= 4 is 36.8 Å². The molecule has 0 unspecified atom stereocenters. The molecule has 0 spiro atoms. The molecule has 0 radical (unpaired) electrons. The first-order valence-corrected chi connectivity index (χ1v) is 8.47. The highest BCUT2D eigenvalue weighted by Crippen LogP contribution is 2.64. The van der Waals surface area contributed by atoms with E-state index in [1.807, 2.05) is 0 Å². The molecule has 0 aromatic carbocycles. The van der Waals surface area contributed by atoms with Crippen LogP contribution in [0.5, 0.6) is 0 Å². The van der Waals surface area contributed by atoms with E-state index in [0.717, 1.165) is 0 Å². The van der Waals surface area contributed by atoms with E-state index in [2.05, 4.69) is 0 Å². The minimum Gasteiger partial charge on any atom is -0.460 e. The van der Waals surface area contributed by atoms with Gasteiger partial charge in [0.1, 0.15) is 0 Å². The maximum Gasteiger partial charge on any atom is 0.378 e. The Morgan fingerprint density at radius 3 is 1.81 bits per heavy atom. The van der Waals surface area contributed by atoms with Gasteiger partial charge in [0, 0.05) is 14.2 Å². The summed E-state index contributed by atoms with van der Waals surface area (Å²) in [7, 11) is -1.33. The number of ether oxygens (including phenoxy) is 3. The molecule has 0 aromatic heterocycles. The number of hydrogen-bond donors (Lipinski definition) is 0. The Labute approximate surface area is 134 Å². The zero-order valence-electron chi connectivity index (χ0n) is 12.5.